The Kier molecular flexibility index (Phi) is 6.60. The van der Waals surface area contributed by atoms with Crippen LogP contribution >= 0.6 is 0 Å². The highest BCUT2D eigenvalue weighted by atomic mass is 19.1. The number of phenols is 1. The van der Waals surface area contributed by atoms with Crippen LogP contribution in [0.25, 0.3) is 33.5 Å². The molecular formula is C29H34FN7O2. The Morgan fingerprint density at radius 3 is 2.72 bits per heavy atom. The standard InChI is InChI=1S/C29H34FN7O2/c1-4-17-12-26(38)21(30)13-20(17)18-5-6-19-22(11-18)34-35-27(19)28-32-23-14-24(31-15-25(23)33-28)29(39)37-9-7-36(8-10-37)16(2)3/h5-6,11-13,16,24,31,38H,4,7-10,14-15H2,1-3H3,(H,32,33)(H,34,35). The molecule has 1 unspecified atom stereocenters. The molecule has 0 spiro atoms. The number of nitrogens with zero attached hydrogens (tertiary/aromatic N) is 4. The van der Waals surface area contributed by atoms with Crippen molar-refractivity contribution in [2.24, 2.45) is 0 Å². The van der Waals surface area contributed by atoms with Crippen molar-refractivity contribution < 1.29 is 14.3 Å². The highest BCUT2D eigenvalue weighted by molar-refractivity contribution is 5.94. The van der Waals surface area contributed by atoms with Crippen LogP contribution in [0.15, 0.2) is 30.3 Å². The van der Waals surface area contributed by atoms with Crippen LogP contribution in [0.1, 0.15) is 37.7 Å². The lowest BCUT2D eigenvalue weighted by Crippen LogP contribution is -2.56. The minimum absolute atomic E-state index is 0.142. The smallest absolute Gasteiger partial charge is 0.240 e. The number of fused-ring (bicyclic) bond motifs is 2. The van der Waals surface area contributed by atoms with Crippen molar-refractivity contribution in [3.05, 3.63) is 53.1 Å². The first-order valence-corrected chi connectivity index (χ1v) is 13.7. The molecule has 2 aliphatic rings. The number of hydrogen-bond acceptors (Lipinski definition) is 6. The van der Waals surface area contributed by atoms with Gasteiger partial charge in [-0.2, -0.15) is 5.10 Å². The number of hydrogen-bond donors (Lipinski definition) is 4. The fourth-order valence-electron chi connectivity index (χ4n) is 5.75. The van der Waals surface area contributed by atoms with Gasteiger partial charge in [-0.1, -0.05) is 13.0 Å². The Bertz CT molecular complexity index is 1530. The number of nitrogens with one attached hydrogen (secondary N) is 3. The van der Waals surface area contributed by atoms with Gasteiger partial charge in [-0.15, -0.1) is 0 Å². The summed E-state index contributed by atoms with van der Waals surface area (Å²) in [6.45, 7) is 10.2. The molecule has 2 aromatic heterocycles. The van der Waals surface area contributed by atoms with Crippen LogP contribution in [0.2, 0.25) is 0 Å². The Labute approximate surface area is 226 Å². The van der Waals surface area contributed by atoms with E-state index in [9.17, 15) is 14.3 Å². The number of rotatable bonds is 5. The van der Waals surface area contributed by atoms with E-state index in [4.69, 9.17) is 4.98 Å². The number of H-pyrrole nitrogens is 2. The maximum Gasteiger partial charge on any atom is 0.240 e. The van der Waals surface area contributed by atoms with Crippen LogP contribution in [0.4, 0.5) is 4.39 Å². The van der Waals surface area contributed by atoms with E-state index in [1.54, 1.807) is 0 Å². The summed E-state index contributed by atoms with van der Waals surface area (Å²) in [5.41, 5.74) is 5.82. The van der Waals surface area contributed by atoms with Gasteiger partial charge in [0.15, 0.2) is 17.4 Å². The van der Waals surface area contributed by atoms with Crippen molar-refractivity contribution in [2.75, 3.05) is 26.2 Å². The van der Waals surface area contributed by atoms with Crippen LogP contribution in [-0.4, -0.2) is 79.2 Å². The second-order valence-corrected chi connectivity index (χ2v) is 10.8. The molecule has 2 aliphatic heterocycles. The number of aromatic hydroxyl groups is 1. The number of imidazole rings is 1. The molecule has 0 saturated carbocycles. The minimum Gasteiger partial charge on any atom is -0.505 e. The zero-order chi connectivity index (χ0) is 27.3. The Hall–Kier alpha value is -3.76. The minimum atomic E-state index is -0.642. The Morgan fingerprint density at radius 2 is 1.97 bits per heavy atom. The van der Waals surface area contributed by atoms with Gasteiger partial charge in [-0.3, -0.25) is 20.1 Å². The average Bonchev–Trinajstić information content (AvgIpc) is 3.57. The maximum atomic E-state index is 14.1. The van der Waals surface area contributed by atoms with Crippen molar-refractivity contribution in [1.82, 2.24) is 35.3 Å². The van der Waals surface area contributed by atoms with Crippen LogP contribution in [0.3, 0.4) is 0 Å². The molecule has 4 heterocycles. The first-order valence-electron chi connectivity index (χ1n) is 13.7. The number of aromatic amines is 2. The van der Waals surface area contributed by atoms with Gasteiger partial charge in [0.2, 0.25) is 5.91 Å². The van der Waals surface area contributed by atoms with Gasteiger partial charge in [0.1, 0.15) is 5.69 Å². The first-order chi connectivity index (χ1) is 18.8. The number of aryl methyl sites for hydroxylation is 1. The van der Waals surface area contributed by atoms with Crippen molar-refractivity contribution in [3.8, 4) is 28.4 Å². The molecule has 4 aromatic rings. The molecule has 39 heavy (non-hydrogen) atoms. The predicted octanol–water partition coefficient (Wildman–Crippen LogP) is 3.59. The lowest BCUT2D eigenvalue weighted by Gasteiger charge is -2.38. The molecule has 10 heteroatoms. The normalized spacial score (nSPS) is 18.2. The van der Waals surface area contributed by atoms with Crippen LogP contribution in [0.5, 0.6) is 5.75 Å². The zero-order valence-corrected chi connectivity index (χ0v) is 22.5. The molecule has 9 nitrogen and oxygen atoms in total. The van der Waals surface area contributed by atoms with Crippen LogP contribution in [-0.2, 0) is 24.2 Å². The van der Waals surface area contributed by atoms with Crippen LogP contribution in [0, 0.1) is 5.82 Å². The second-order valence-electron chi connectivity index (χ2n) is 10.8. The fourth-order valence-corrected chi connectivity index (χ4v) is 5.75. The molecule has 0 radical (unpaired) electrons. The van der Waals surface area contributed by atoms with Gasteiger partial charge >= 0.3 is 0 Å². The first kappa shape index (κ1) is 25.5. The average molecular weight is 532 g/mol. The number of amides is 1. The van der Waals surface area contributed by atoms with Gasteiger partial charge in [0.05, 0.1) is 22.9 Å². The summed E-state index contributed by atoms with van der Waals surface area (Å²) >= 11 is 0. The van der Waals surface area contributed by atoms with Crippen LogP contribution < -0.4 is 5.32 Å². The number of aromatic nitrogens is 4. The third kappa shape index (κ3) is 4.68. The van der Waals surface area contributed by atoms with Gasteiger partial charge in [0.25, 0.3) is 0 Å². The summed E-state index contributed by atoms with van der Waals surface area (Å²) in [6, 6.07) is 8.90. The molecule has 2 aromatic carbocycles. The van der Waals surface area contributed by atoms with E-state index in [1.165, 1.54) is 12.1 Å². The molecule has 1 saturated heterocycles. The molecule has 1 fully saturated rings. The van der Waals surface area contributed by atoms with E-state index in [-0.39, 0.29) is 17.7 Å². The third-order valence-electron chi connectivity index (χ3n) is 8.09. The molecule has 4 N–H and O–H groups in total. The van der Waals surface area contributed by atoms with E-state index < -0.39 is 5.82 Å². The second kappa shape index (κ2) is 10.1. The summed E-state index contributed by atoms with van der Waals surface area (Å²) in [5.74, 6) is -0.181. The molecule has 1 amide bonds. The quantitative estimate of drug-likeness (QED) is 0.313. The summed E-state index contributed by atoms with van der Waals surface area (Å²) in [5, 5.41) is 21.7. The SMILES string of the molecule is CCc1cc(O)c(F)cc1-c1ccc2c(-c3nc4c([nH]3)CNC(C(=O)N3CCN(C(C)C)CC3)C4)n[nH]c2c1. The highest BCUT2D eigenvalue weighted by Crippen LogP contribution is 2.34. The van der Waals surface area contributed by atoms with E-state index in [2.05, 4.69) is 39.2 Å². The molecular weight excluding hydrogens is 497 g/mol. The molecule has 1 atom stereocenters. The van der Waals surface area contributed by atoms with Gasteiger partial charge in [-0.05, 0) is 61.2 Å². The monoisotopic (exact) mass is 531 g/mol. The summed E-state index contributed by atoms with van der Waals surface area (Å²) in [7, 11) is 0. The highest BCUT2D eigenvalue weighted by Gasteiger charge is 2.32. The lowest BCUT2D eigenvalue weighted by molar-refractivity contribution is -0.135. The number of carbonyl (C=O) groups excluding carboxylic acids is 1. The topological polar surface area (TPSA) is 113 Å². The van der Waals surface area contributed by atoms with E-state index in [0.29, 0.717) is 36.9 Å². The Balaban J connectivity index is 1.22. The zero-order valence-electron chi connectivity index (χ0n) is 22.5. The number of phenolic OH excluding ortho intramolecular Hbond substituents is 1. The molecule has 0 aliphatic carbocycles. The lowest BCUT2D eigenvalue weighted by atomic mass is 9.96. The largest absolute Gasteiger partial charge is 0.505 e. The molecule has 6 rings (SSSR count). The number of carbonyl (C=O) groups is 1. The van der Waals surface area contributed by atoms with Crippen molar-refractivity contribution in [2.45, 2.75) is 52.2 Å². The summed E-state index contributed by atoms with van der Waals surface area (Å²) < 4.78 is 14.1. The molecule has 0 bridgehead atoms. The summed E-state index contributed by atoms with van der Waals surface area (Å²) in [4.78, 5) is 25.9. The van der Waals surface area contributed by atoms with Gasteiger partial charge < -0.3 is 15.0 Å². The van der Waals surface area contributed by atoms with Gasteiger partial charge in [-0.25, -0.2) is 9.37 Å². The number of halogens is 1. The van der Waals surface area contributed by atoms with E-state index >= 15 is 0 Å². The van der Waals surface area contributed by atoms with E-state index in [0.717, 1.165) is 65.2 Å². The van der Waals surface area contributed by atoms with Crippen molar-refractivity contribution in [1.29, 1.82) is 0 Å². The predicted molar refractivity (Wildman–Crippen MR) is 148 cm³/mol. The number of piperazine rings is 1. The van der Waals surface area contributed by atoms with Crippen molar-refractivity contribution >= 4 is 16.8 Å². The molecule has 204 valence electrons. The van der Waals surface area contributed by atoms with Crippen molar-refractivity contribution in [3.63, 3.8) is 0 Å². The maximum absolute atomic E-state index is 14.1. The van der Waals surface area contributed by atoms with E-state index in [1.807, 2.05) is 30.0 Å². The van der Waals surface area contributed by atoms with Gasteiger partial charge in [0, 0.05) is 50.6 Å². The fraction of sp³-hybridized carbons (Fsp3) is 0.414. The Morgan fingerprint density at radius 1 is 1.18 bits per heavy atom. The number of benzene rings is 2. The summed E-state index contributed by atoms with van der Waals surface area (Å²) in [6.07, 6.45) is 1.20. The third-order valence-corrected chi connectivity index (χ3v) is 8.09.